The number of rotatable bonds is 10. The van der Waals surface area contributed by atoms with Crippen molar-refractivity contribution in [1.29, 1.82) is 0 Å². The maximum absolute atomic E-state index is 12.0. The van der Waals surface area contributed by atoms with E-state index in [1.165, 1.54) is 5.56 Å². The molecular weight excluding hydrogens is 354 g/mol. The van der Waals surface area contributed by atoms with Crippen LogP contribution in [0.4, 0.5) is 0 Å². The smallest absolute Gasteiger partial charge is 0.220 e. The number of hydrogen-bond acceptors (Lipinski definition) is 4. The Morgan fingerprint density at radius 3 is 2.50 bits per heavy atom. The molecule has 1 aliphatic heterocycles. The summed E-state index contributed by atoms with van der Waals surface area (Å²) in [4.78, 5) is 12.0. The summed E-state index contributed by atoms with van der Waals surface area (Å²) in [5, 5.41) is 2.95. The van der Waals surface area contributed by atoms with Gasteiger partial charge >= 0.3 is 0 Å². The van der Waals surface area contributed by atoms with Gasteiger partial charge in [-0.3, -0.25) is 4.79 Å². The molecule has 0 aliphatic carbocycles. The van der Waals surface area contributed by atoms with E-state index in [9.17, 15) is 4.79 Å². The summed E-state index contributed by atoms with van der Waals surface area (Å²) in [6.45, 7) is 4.53. The SMILES string of the molecule is Cc1ccc(OCCCC(=O)NCc2ccc(OCC3CCCO3)cc2)cc1. The Morgan fingerprint density at radius 2 is 1.79 bits per heavy atom. The lowest BCUT2D eigenvalue weighted by Crippen LogP contribution is -2.23. The Labute approximate surface area is 167 Å². The average molecular weight is 383 g/mol. The molecule has 150 valence electrons. The zero-order chi connectivity index (χ0) is 19.6. The first-order valence-electron chi connectivity index (χ1n) is 9.98. The molecule has 1 aliphatic rings. The summed E-state index contributed by atoms with van der Waals surface area (Å²) in [5.41, 5.74) is 2.25. The zero-order valence-corrected chi connectivity index (χ0v) is 16.5. The fourth-order valence-electron chi connectivity index (χ4n) is 3.01. The van der Waals surface area contributed by atoms with E-state index in [2.05, 4.69) is 5.32 Å². The lowest BCUT2D eigenvalue weighted by atomic mass is 10.2. The van der Waals surface area contributed by atoms with Gasteiger partial charge in [0, 0.05) is 19.6 Å². The van der Waals surface area contributed by atoms with E-state index in [4.69, 9.17) is 14.2 Å². The van der Waals surface area contributed by atoms with Gasteiger partial charge in [-0.2, -0.15) is 0 Å². The third-order valence-corrected chi connectivity index (χ3v) is 4.71. The van der Waals surface area contributed by atoms with Gasteiger partial charge in [0.2, 0.25) is 5.91 Å². The van der Waals surface area contributed by atoms with E-state index in [0.29, 0.717) is 32.6 Å². The molecule has 0 aromatic heterocycles. The van der Waals surface area contributed by atoms with Crippen LogP contribution in [-0.2, 0) is 16.1 Å². The Balaban J connectivity index is 1.28. The quantitative estimate of drug-likeness (QED) is 0.630. The van der Waals surface area contributed by atoms with E-state index in [-0.39, 0.29) is 12.0 Å². The minimum Gasteiger partial charge on any atom is -0.494 e. The van der Waals surface area contributed by atoms with Crippen LogP contribution in [0.15, 0.2) is 48.5 Å². The molecule has 0 saturated carbocycles. The molecule has 1 heterocycles. The predicted octanol–water partition coefficient (Wildman–Crippen LogP) is 4.03. The second-order valence-electron chi connectivity index (χ2n) is 7.13. The van der Waals surface area contributed by atoms with Crippen molar-refractivity contribution in [1.82, 2.24) is 5.32 Å². The van der Waals surface area contributed by atoms with E-state index >= 15 is 0 Å². The molecule has 3 rings (SSSR count). The topological polar surface area (TPSA) is 56.8 Å². The molecular formula is C23H29NO4. The predicted molar refractivity (Wildman–Crippen MR) is 109 cm³/mol. The second kappa shape index (κ2) is 10.7. The molecule has 1 fully saturated rings. The molecule has 1 unspecified atom stereocenters. The van der Waals surface area contributed by atoms with Crippen LogP contribution >= 0.6 is 0 Å². The highest BCUT2D eigenvalue weighted by atomic mass is 16.5. The molecule has 1 saturated heterocycles. The number of amides is 1. The lowest BCUT2D eigenvalue weighted by Gasteiger charge is -2.12. The van der Waals surface area contributed by atoms with Gasteiger partial charge in [0.25, 0.3) is 0 Å². The molecule has 0 radical (unpaired) electrons. The van der Waals surface area contributed by atoms with Crippen LogP contribution in [-0.4, -0.2) is 31.8 Å². The van der Waals surface area contributed by atoms with E-state index < -0.39 is 0 Å². The molecule has 5 heteroatoms. The molecule has 5 nitrogen and oxygen atoms in total. The van der Waals surface area contributed by atoms with Crippen LogP contribution in [0.3, 0.4) is 0 Å². The number of aryl methyl sites for hydroxylation is 1. The van der Waals surface area contributed by atoms with Crippen molar-refractivity contribution in [2.24, 2.45) is 0 Å². The second-order valence-corrected chi connectivity index (χ2v) is 7.13. The number of carbonyl (C=O) groups is 1. The van der Waals surface area contributed by atoms with Crippen molar-refractivity contribution in [3.8, 4) is 11.5 Å². The first-order valence-corrected chi connectivity index (χ1v) is 9.98. The van der Waals surface area contributed by atoms with E-state index in [0.717, 1.165) is 36.5 Å². The fraction of sp³-hybridized carbons (Fsp3) is 0.435. The molecule has 1 atom stereocenters. The Kier molecular flexibility index (Phi) is 7.73. The van der Waals surface area contributed by atoms with E-state index in [1.54, 1.807) is 0 Å². The van der Waals surface area contributed by atoms with Crippen LogP contribution in [0.1, 0.15) is 36.8 Å². The van der Waals surface area contributed by atoms with Gasteiger partial charge in [-0.05, 0) is 56.0 Å². The van der Waals surface area contributed by atoms with Gasteiger partial charge in [0.1, 0.15) is 18.1 Å². The summed E-state index contributed by atoms with van der Waals surface area (Å²) in [6, 6.07) is 15.8. The largest absolute Gasteiger partial charge is 0.494 e. The molecule has 1 amide bonds. The van der Waals surface area contributed by atoms with Crippen molar-refractivity contribution >= 4 is 5.91 Å². The molecule has 28 heavy (non-hydrogen) atoms. The number of nitrogens with one attached hydrogen (secondary N) is 1. The zero-order valence-electron chi connectivity index (χ0n) is 16.5. The van der Waals surface area contributed by atoms with Gasteiger partial charge in [-0.15, -0.1) is 0 Å². The monoisotopic (exact) mass is 383 g/mol. The fourth-order valence-corrected chi connectivity index (χ4v) is 3.01. The summed E-state index contributed by atoms with van der Waals surface area (Å²) < 4.78 is 16.9. The van der Waals surface area contributed by atoms with E-state index in [1.807, 2.05) is 55.5 Å². The van der Waals surface area contributed by atoms with Gasteiger partial charge in [0.05, 0.1) is 12.7 Å². The Morgan fingerprint density at radius 1 is 1.07 bits per heavy atom. The van der Waals surface area contributed by atoms with Crippen LogP contribution < -0.4 is 14.8 Å². The summed E-state index contributed by atoms with van der Waals surface area (Å²) >= 11 is 0. The standard InChI is InChI=1S/C23H29NO4/c1-18-6-10-20(11-7-18)26-15-3-5-23(25)24-16-19-8-12-21(13-9-19)28-17-22-4-2-14-27-22/h6-13,22H,2-5,14-17H2,1H3,(H,24,25). The van der Waals surface area contributed by atoms with Gasteiger partial charge in [-0.1, -0.05) is 29.8 Å². The Hall–Kier alpha value is -2.53. The minimum atomic E-state index is 0.0335. The average Bonchev–Trinajstić information content (AvgIpc) is 3.24. The first-order chi connectivity index (χ1) is 13.7. The summed E-state index contributed by atoms with van der Waals surface area (Å²) in [5.74, 6) is 1.71. The van der Waals surface area contributed by atoms with Crippen LogP contribution in [0, 0.1) is 6.92 Å². The molecule has 2 aromatic rings. The highest BCUT2D eigenvalue weighted by Crippen LogP contribution is 2.16. The van der Waals surface area contributed by atoms with Gasteiger partial charge in [0.15, 0.2) is 0 Å². The normalized spacial score (nSPS) is 16.0. The molecule has 2 aromatic carbocycles. The molecule has 0 spiro atoms. The maximum atomic E-state index is 12.0. The van der Waals surface area contributed by atoms with Crippen molar-refractivity contribution in [3.63, 3.8) is 0 Å². The number of ether oxygens (including phenoxy) is 3. The maximum Gasteiger partial charge on any atom is 0.220 e. The highest BCUT2D eigenvalue weighted by Gasteiger charge is 2.15. The summed E-state index contributed by atoms with van der Waals surface area (Å²) in [7, 11) is 0. The van der Waals surface area contributed by atoms with Gasteiger partial charge < -0.3 is 19.5 Å². The Bertz CT molecular complexity index is 721. The third-order valence-electron chi connectivity index (χ3n) is 4.71. The highest BCUT2D eigenvalue weighted by molar-refractivity contribution is 5.75. The number of hydrogen-bond donors (Lipinski definition) is 1. The molecule has 1 N–H and O–H groups in total. The third kappa shape index (κ3) is 6.89. The summed E-state index contributed by atoms with van der Waals surface area (Å²) in [6.07, 6.45) is 3.55. The van der Waals surface area contributed by atoms with Crippen molar-refractivity contribution in [3.05, 3.63) is 59.7 Å². The van der Waals surface area contributed by atoms with Crippen LogP contribution in [0.2, 0.25) is 0 Å². The van der Waals surface area contributed by atoms with Crippen molar-refractivity contribution < 1.29 is 19.0 Å². The molecule has 0 bridgehead atoms. The number of benzene rings is 2. The van der Waals surface area contributed by atoms with Crippen molar-refractivity contribution in [2.45, 2.75) is 45.3 Å². The van der Waals surface area contributed by atoms with Crippen LogP contribution in [0.25, 0.3) is 0 Å². The van der Waals surface area contributed by atoms with Crippen molar-refractivity contribution in [2.75, 3.05) is 19.8 Å². The minimum absolute atomic E-state index is 0.0335. The van der Waals surface area contributed by atoms with Gasteiger partial charge in [-0.25, -0.2) is 0 Å². The number of carbonyl (C=O) groups excluding carboxylic acids is 1. The van der Waals surface area contributed by atoms with Crippen LogP contribution in [0.5, 0.6) is 11.5 Å². The first kappa shape index (κ1) is 20.2. The lowest BCUT2D eigenvalue weighted by molar-refractivity contribution is -0.121.